The molecule has 0 spiro atoms. The highest BCUT2D eigenvalue weighted by Crippen LogP contribution is 2.32. The van der Waals surface area contributed by atoms with E-state index >= 15 is 0 Å². The number of hydrogen-bond acceptors (Lipinski definition) is 3. The molecule has 3 N–H and O–H groups in total. The Bertz CT molecular complexity index is 470. The van der Waals surface area contributed by atoms with Crippen molar-refractivity contribution in [3.8, 4) is 0 Å². The third-order valence-electron chi connectivity index (χ3n) is 3.54. The maximum atomic E-state index is 12.5. The number of nitrogens with two attached hydrogens (primary N) is 1. The number of halogens is 2. The van der Waals surface area contributed by atoms with Gasteiger partial charge in [0.15, 0.2) is 0 Å². The zero-order chi connectivity index (χ0) is 14.5. The molecule has 2 rings (SSSR count). The van der Waals surface area contributed by atoms with E-state index in [-0.39, 0.29) is 17.9 Å². The summed E-state index contributed by atoms with van der Waals surface area (Å²) < 4.78 is 24.9. The first-order chi connectivity index (χ1) is 9.56. The van der Waals surface area contributed by atoms with Crippen LogP contribution in [-0.4, -0.2) is 17.7 Å². The van der Waals surface area contributed by atoms with Gasteiger partial charge in [-0.1, -0.05) is 30.3 Å². The van der Waals surface area contributed by atoms with Crippen molar-refractivity contribution in [1.29, 1.82) is 0 Å². The average Bonchev–Trinajstić information content (AvgIpc) is 2.77. The van der Waals surface area contributed by atoms with Crippen LogP contribution in [0, 0.1) is 5.92 Å². The molecule has 2 atom stereocenters. The van der Waals surface area contributed by atoms with Gasteiger partial charge in [0.1, 0.15) is 0 Å². The molecule has 1 fully saturated rings. The van der Waals surface area contributed by atoms with E-state index in [0.29, 0.717) is 28.8 Å². The molecular weight excluding hydrogens is 282 g/mol. The Kier molecular flexibility index (Phi) is 5.37. The summed E-state index contributed by atoms with van der Waals surface area (Å²) in [6, 6.07) is 6.68. The van der Waals surface area contributed by atoms with Gasteiger partial charge in [0.2, 0.25) is 5.91 Å². The molecule has 1 aliphatic carbocycles. The molecule has 1 aromatic carbocycles. The molecule has 3 nitrogen and oxygen atoms in total. The third kappa shape index (κ3) is 4.18. The fraction of sp³-hybridized carbons (Fsp3) is 0.500. The summed E-state index contributed by atoms with van der Waals surface area (Å²) >= 11 is 0.438. The highest BCUT2D eigenvalue weighted by atomic mass is 32.2. The molecule has 0 aromatic heterocycles. The summed E-state index contributed by atoms with van der Waals surface area (Å²) in [7, 11) is 0. The number of alkyl halides is 2. The van der Waals surface area contributed by atoms with Gasteiger partial charge in [-0.05, 0) is 30.9 Å². The van der Waals surface area contributed by atoms with Gasteiger partial charge in [-0.3, -0.25) is 4.79 Å². The molecule has 0 radical (unpaired) electrons. The second-order valence-corrected chi connectivity index (χ2v) is 6.01. The lowest BCUT2D eigenvalue weighted by Gasteiger charge is -2.16. The predicted octanol–water partition coefficient (Wildman–Crippen LogP) is 3.46. The predicted molar refractivity (Wildman–Crippen MR) is 76.9 cm³/mol. The molecule has 6 heteroatoms. The zero-order valence-electron chi connectivity index (χ0n) is 11.0. The number of carbonyl (C=O) groups is 1. The van der Waals surface area contributed by atoms with Gasteiger partial charge in [-0.15, -0.1) is 0 Å². The molecule has 1 aliphatic rings. The molecular formula is C14H18F2N2OS. The van der Waals surface area contributed by atoms with Crippen molar-refractivity contribution in [1.82, 2.24) is 0 Å². The molecule has 0 bridgehead atoms. The standard InChI is InChI=1S/C14H18F2N2OS/c15-14(16)20-12-7-2-1-6-11(12)18-13(19)8-9-4-3-5-10(9)17/h1-2,6-7,9-10,14H,3-5,8,17H2,(H,18,19)/t9-,10+/m0/s1. The van der Waals surface area contributed by atoms with E-state index in [0.717, 1.165) is 19.3 Å². The summed E-state index contributed by atoms with van der Waals surface area (Å²) in [6.07, 6.45) is 3.32. The minimum atomic E-state index is -2.50. The maximum absolute atomic E-state index is 12.5. The van der Waals surface area contributed by atoms with E-state index in [2.05, 4.69) is 5.32 Å². The lowest BCUT2D eigenvalue weighted by Crippen LogP contribution is -2.28. The van der Waals surface area contributed by atoms with Gasteiger partial charge in [-0.25, -0.2) is 0 Å². The largest absolute Gasteiger partial charge is 0.327 e. The Morgan fingerprint density at radius 3 is 2.80 bits per heavy atom. The molecule has 1 saturated carbocycles. The normalized spacial score (nSPS) is 22.2. The summed E-state index contributed by atoms with van der Waals surface area (Å²) in [4.78, 5) is 12.4. The van der Waals surface area contributed by atoms with Crippen LogP contribution in [0.15, 0.2) is 29.2 Å². The van der Waals surface area contributed by atoms with E-state index in [1.165, 1.54) is 0 Å². The van der Waals surface area contributed by atoms with Crippen molar-refractivity contribution < 1.29 is 13.6 Å². The monoisotopic (exact) mass is 300 g/mol. The van der Waals surface area contributed by atoms with Crippen LogP contribution in [0.2, 0.25) is 0 Å². The number of benzene rings is 1. The quantitative estimate of drug-likeness (QED) is 0.819. The highest BCUT2D eigenvalue weighted by molar-refractivity contribution is 7.99. The molecule has 0 heterocycles. The van der Waals surface area contributed by atoms with Crippen molar-refractivity contribution in [3.63, 3.8) is 0 Å². The van der Waals surface area contributed by atoms with Crippen LogP contribution in [0.25, 0.3) is 0 Å². The minimum absolute atomic E-state index is 0.0754. The fourth-order valence-electron chi connectivity index (χ4n) is 2.53. The van der Waals surface area contributed by atoms with Crippen LogP contribution < -0.4 is 11.1 Å². The molecule has 0 saturated heterocycles. The fourth-order valence-corrected chi connectivity index (χ4v) is 3.12. The molecule has 1 amide bonds. The van der Waals surface area contributed by atoms with Crippen molar-refractivity contribution >= 4 is 23.4 Å². The van der Waals surface area contributed by atoms with Crippen LogP contribution in [0.5, 0.6) is 0 Å². The Labute approximate surface area is 121 Å². The van der Waals surface area contributed by atoms with Gasteiger partial charge < -0.3 is 11.1 Å². The first kappa shape index (κ1) is 15.3. The zero-order valence-corrected chi connectivity index (χ0v) is 11.8. The SMILES string of the molecule is N[C@@H]1CCC[C@H]1CC(=O)Nc1ccccc1SC(F)F. The highest BCUT2D eigenvalue weighted by Gasteiger charge is 2.26. The van der Waals surface area contributed by atoms with Gasteiger partial charge in [-0.2, -0.15) is 8.78 Å². The lowest BCUT2D eigenvalue weighted by atomic mass is 10.00. The number of anilines is 1. The minimum Gasteiger partial charge on any atom is -0.327 e. The van der Waals surface area contributed by atoms with Crippen LogP contribution in [0.4, 0.5) is 14.5 Å². The van der Waals surface area contributed by atoms with Crippen LogP contribution >= 0.6 is 11.8 Å². The Balaban J connectivity index is 1.97. The average molecular weight is 300 g/mol. The molecule has 0 unspecified atom stereocenters. The van der Waals surface area contributed by atoms with Crippen molar-refractivity contribution in [2.24, 2.45) is 11.7 Å². The smallest absolute Gasteiger partial charge is 0.288 e. The van der Waals surface area contributed by atoms with Crippen molar-refractivity contribution in [2.75, 3.05) is 5.32 Å². The number of rotatable bonds is 5. The van der Waals surface area contributed by atoms with E-state index in [1.807, 2.05) is 0 Å². The van der Waals surface area contributed by atoms with Crippen LogP contribution in [0.3, 0.4) is 0 Å². The van der Waals surface area contributed by atoms with E-state index < -0.39 is 5.76 Å². The molecule has 110 valence electrons. The van der Waals surface area contributed by atoms with E-state index in [4.69, 9.17) is 5.73 Å². The molecule has 0 aliphatic heterocycles. The second-order valence-electron chi connectivity index (χ2n) is 4.98. The van der Waals surface area contributed by atoms with Gasteiger partial charge >= 0.3 is 0 Å². The summed E-state index contributed by atoms with van der Waals surface area (Å²) in [6.45, 7) is 0. The number of thioether (sulfide) groups is 1. The Morgan fingerprint density at radius 2 is 2.15 bits per heavy atom. The third-order valence-corrected chi connectivity index (χ3v) is 4.33. The topological polar surface area (TPSA) is 55.1 Å². The number of carbonyl (C=O) groups excluding carboxylic acids is 1. The van der Waals surface area contributed by atoms with Crippen LogP contribution in [-0.2, 0) is 4.79 Å². The second kappa shape index (κ2) is 7.04. The van der Waals surface area contributed by atoms with E-state index in [9.17, 15) is 13.6 Å². The number of para-hydroxylation sites is 1. The summed E-state index contributed by atoms with van der Waals surface area (Å²) in [5.74, 6) is -2.46. The van der Waals surface area contributed by atoms with Gasteiger partial charge in [0.25, 0.3) is 5.76 Å². The first-order valence-corrected chi connectivity index (χ1v) is 7.53. The van der Waals surface area contributed by atoms with Crippen LogP contribution in [0.1, 0.15) is 25.7 Å². The molecule has 1 aromatic rings. The maximum Gasteiger partial charge on any atom is 0.288 e. The Hall–Kier alpha value is -1.14. The van der Waals surface area contributed by atoms with E-state index in [1.54, 1.807) is 24.3 Å². The van der Waals surface area contributed by atoms with Crippen molar-refractivity contribution in [2.45, 2.75) is 42.4 Å². The summed E-state index contributed by atoms with van der Waals surface area (Å²) in [5, 5.41) is 2.71. The molecule has 20 heavy (non-hydrogen) atoms. The van der Waals surface area contributed by atoms with Gasteiger partial charge in [0, 0.05) is 17.4 Å². The van der Waals surface area contributed by atoms with Gasteiger partial charge in [0.05, 0.1) is 5.69 Å². The summed E-state index contributed by atoms with van der Waals surface area (Å²) in [5.41, 5.74) is 6.37. The van der Waals surface area contributed by atoms with Crippen molar-refractivity contribution in [3.05, 3.63) is 24.3 Å². The first-order valence-electron chi connectivity index (χ1n) is 6.65. The Morgan fingerprint density at radius 1 is 1.40 bits per heavy atom. The number of hydrogen-bond donors (Lipinski definition) is 2. The number of amides is 1. The lowest BCUT2D eigenvalue weighted by molar-refractivity contribution is -0.117. The number of nitrogens with one attached hydrogen (secondary N) is 1.